The van der Waals surface area contributed by atoms with Gasteiger partial charge in [0.15, 0.2) is 17.5 Å². The van der Waals surface area contributed by atoms with Gasteiger partial charge in [-0.2, -0.15) is 0 Å². The van der Waals surface area contributed by atoms with Crippen molar-refractivity contribution in [1.82, 2.24) is 24.9 Å². The lowest BCUT2D eigenvalue weighted by atomic mass is 9.78. The number of fused-ring (bicyclic) bond motifs is 8. The minimum absolute atomic E-state index is 0.162. The van der Waals surface area contributed by atoms with Crippen LogP contribution in [0.15, 0.2) is 225 Å². The largest absolute Gasteiger partial charge is 0.256 e. The lowest BCUT2D eigenvalue weighted by Crippen LogP contribution is -2.16. The van der Waals surface area contributed by atoms with Gasteiger partial charge in [-0.3, -0.25) is 9.97 Å². The summed E-state index contributed by atoms with van der Waals surface area (Å²) in [5.74, 6) is 1.75. The van der Waals surface area contributed by atoms with Crippen molar-refractivity contribution in [2.75, 3.05) is 0 Å². The summed E-state index contributed by atoms with van der Waals surface area (Å²) in [6, 6.07) is 76.8. The molecule has 0 saturated carbocycles. The third kappa shape index (κ3) is 7.03. The molecule has 0 N–H and O–H groups in total. The van der Waals surface area contributed by atoms with E-state index in [0.29, 0.717) is 17.5 Å². The monoisotopic (exact) mass is 947 g/mol. The van der Waals surface area contributed by atoms with E-state index in [4.69, 9.17) is 15.0 Å². The van der Waals surface area contributed by atoms with E-state index in [0.717, 1.165) is 60.8 Å². The van der Waals surface area contributed by atoms with Crippen LogP contribution in [0.1, 0.15) is 49.9 Å². The predicted octanol–water partition coefficient (Wildman–Crippen LogP) is 17.2. The van der Waals surface area contributed by atoms with E-state index in [1.807, 2.05) is 36.7 Å². The molecule has 0 radical (unpaired) electrons. The molecule has 0 atom stereocenters. The lowest BCUT2D eigenvalue weighted by molar-refractivity contribution is 0.662. The van der Waals surface area contributed by atoms with E-state index in [9.17, 15) is 0 Å². The molecule has 3 heterocycles. The molecule has 9 aromatic carbocycles. The van der Waals surface area contributed by atoms with Crippen LogP contribution >= 0.6 is 0 Å². The first-order valence-electron chi connectivity index (χ1n) is 25.5. The fraction of sp³-hybridized carbons (Fsp3) is 0.0870. The molecule has 0 fully saturated rings. The summed E-state index contributed by atoms with van der Waals surface area (Å²) < 4.78 is 0. The van der Waals surface area contributed by atoms with Gasteiger partial charge in [-0.1, -0.05) is 161 Å². The molecule has 350 valence electrons. The molecule has 0 bridgehead atoms. The van der Waals surface area contributed by atoms with Crippen molar-refractivity contribution in [2.24, 2.45) is 0 Å². The zero-order valence-electron chi connectivity index (χ0n) is 41.6. The standard InChI is InChI=1S/C69H49N5/c1-68(2)59-27-7-5-21-55(59)57-25-11-23-53(63(57)68)44-17-9-15-42(35-44)50-39-51(43-16-10-18-45(36-43)54-24-12-26-58-56-22-6-8-28-60(56)69(3,4)64(54)58)41-52(40-50)67-73-65(48-29-31-61-46(37-48)19-13-33-70-61)72-66(74-67)49-30-32-62-47(38-49)20-14-34-71-62/h5-41H,1-4H3. The topological polar surface area (TPSA) is 64.5 Å². The average Bonchev–Trinajstić information content (AvgIpc) is 3.90. The molecule has 14 rings (SSSR count). The van der Waals surface area contributed by atoms with Crippen molar-refractivity contribution in [3.05, 3.63) is 247 Å². The average molecular weight is 948 g/mol. The maximum absolute atomic E-state index is 5.36. The molecule has 2 aliphatic carbocycles. The van der Waals surface area contributed by atoms with Gasteiger partial charge in [-0.25, -0.2) is 15.0 Å². The summed E-state index contributed by atoms with van der Waals surface area (Å²) in [6.45, 7) is 9.44. The highest BCUT2D eigenvalue weighted by atomic mass is 15.0. The van der Waals surface area contributed by atoms with Crippen molar-refractivity contribution in [3.8, 4) is 101 Å². The summed E-state index contributed by atoms with van der Waals surface area (Å²) in [7, 11) is 0. The summed E-state index contributed by atoms with van der Waals surface area (Å²) >= 11 is 0. The third-order valence-corrected chi connectivity index (χ3v) is 15.7. The molecule has 3 aromatic heterocycles. The second-order valence-electron chi connectivity index (χ2n) is 20.9. The summed E-state index contributed by atoms with van der Waals surface area (Å²) in [5, 5.41) is 2.03. The lowest BCUT2D eigenvalue weighted by Gasteiger charge is -2.25. The van der Waals surface area contributed by atoms with E-state index >= 15 is 0 Å². The molecule has 12 aromatic rings. The number of nitrogens with zero attached hydrogens (tertiary/aromatic N) is 5. The van der Waals surface area contributed by atoms with Crippen LogP contribution in [0, 0.1) is 0 Å². The van der Waals surface area contributed by atoms with Crippen LogP contribution in [0.3, 0.4) is 0 Å². The van der Waals surface area contributed by atoms with Crippen molar-refractivity contribution < 1.29 is 0 Å². The Labute approximate surface area is 431 Å². The number of pyridine rings is 2. The second kappa shape index (κ2) is 16.7. The van der Waals surface area contributed by atoms with Crippen molar-refractivity contribution >= 4 is 21.8 Å². The maximum atomic E-state index is 5.36. The Morgan fingerprint density at radius 2 is 0.649 bits per heavy atom. The predicted molar refractivity (Wildman–Crippen MR) is 304 cm³/mol. The number of benzene rings is 9. The van der Waals surface area contributed by atoms with E-state index in [1.54, 1.807) is 0 Å². The van der Waals surface area contributed by atoms with Gasteiger partial charge >= 0.3 is 0 Å². The highest BCUT2D eigenvalue weighted by Gasteiger charge is 2.38. The zero-order valence-corrected chi connectivity index (χ0v) is 41.6. The summed E-state index contributed by atoms with van der Waals surface area (Å²) in [5.41, 5.74) is 24.0. The minimum Gasteiger partial charge on any atom is -0.256 e. The Morgan fingerprint density at radius 1 is 0.270 bits per heavy atom. The minimum atomic E-state index is -0.162. The molecule has 0 unspecified atom stereocenters. The van der Waals surface area contributed by atoms with Gasteiger partial charge in [-0.05, 0) is 168 Å². The molecule has 5 heteroatoms. The third-order valence-electron chi connectivity index (χ3n) is 15.7. The molecule has 0 amide bonds. The molecule has 2 aliphatic rings. The molecule has 74 heavy (non-hydrogen) atoms. The number of hydrogen-bond donors (Lipinski definition) is 0. The first-order valence-corrected chi connectivity index (χ1v) is 25.5. The van der Waals surface area contributed by atoms with Crippen LogP contribution < -0.4 is 0 Å². The molecular weight excluding hydrogens is 899 g/mol. The Bertz CT molecular complexity index is 4010. The van der Waals surface area contributed by atoms with E-state index in [-0.39, 0.29) is 10.8 Å². The van der Waals surface area contributed by atoms with Crippen molar-refractivity contribution in [3.63, 3.8) is 0 Å². The van der Waals surface area contributed by atoms with Gasteiger partial charge in [0.1, 0.15) is 0 Å². The normalized spacial score (nSPS) is 13.6. The Hall–Kier alpha value is -9.19. The zero-order chi connectivity index (χ0) is 49.7. The SMILES string of the molecule is CC1(C)c2ccccc2-c2cccc(-c3cccc(-c4cc(-c5cccc(-c6cccc7c6C(C)(C)c6ccccc6-7)c5)cc(-c5nc(-c6ccc7ncccc7c6)nc(-c6ccc7ncccc7c6)n5)c4)c3)c21. The van der Waals surface area contributed by atoms with E-state index in [2.05, 4.69) is 226 Å². The Morgan fingerprint density at radius 3 is 1.14 bits per heavy atom. The highest BCUT2D eigenvalue weighted by Crippen LogP contribution is 2.54. The quantitative estimate of drug-likeness (QED) is 0.159. The van der Waals surface area contributed by atoms with E-state index < -0.39 is 0 Å². The van der Waals surface area contributed by atoms with Gasteiger partial charge in [0.25, 0.3) is 0 Å². The Balaban J connectivity index is 0.969. The van der Waals surface area contributed by atoms with Crippen LogP contribution in [-0.4, -0.2) is 24.9 Å². The fourth-order valence-corrected chi connectivity index (χ4v) is 12.2. The van der Waals surface area contributed by atoms with Crippen molar-refractivity contribution in [1.29, 1.82) is 0 Å². The molecule has 5 nitrogen and oxygen atoms in total. The van der Waals surface area contributed by atoms with Crippen LogP contribution in [0.4, 0.5) is 0 Å². The first kappa shape index (κ1) is 43.6. The number of hydrogen-bond acceptors (Lipinski definition) is 5. The van der Waals surface area contributed by atoms with Gasteiger partial charge in [0, 0.05) is 50.7 Å². The number of aromatic nitrogens is 5. The summed E-state index contributed by atoms with van der Waals surface area (Å²) in [6.07, 6.45) is 3.65. The second-order valence-corrected chi connectivity index (χ2v) is 20.9. The Kier molecular flexibility index (Phi) is 9.83. The number of rotatable bonds is 7. The molecular formula is C69H49N5. The van der Waals surface area contributed by atoms with Crippen molar-refractivity contribution in [2.45, 2.75) is 38.5 Å². The molecule has 0 spiro atoms. The van der Waals surface area contributed by atoms with Gasteiger partial charge in [0.2, 0.25) is 0 Å². The van der Waals surface area contributed by atoms with Crippen LogP contribution in [0.5, 0.6) is 0 Å². The summed E-state index contributed by atoms with van der Waals surface area (Å²) in [4.78, 5) is 25.2. The first-order chi connectivity index (χ1) is 36.2. The van der Waals surface area contributed by atoms with Crippen LogP contribution in [0.2, 0.25) is 0 Å². The van der Waals surface area contributed by atoms with Gasteiger partial charge < -0.3 is 0 Å². The van der Waals surface area contributed by atoms with Gasteiger partial charge in [0.05, 0.1) is 11.0 Å². The van der Waals surface area contributed by atoms with E-state index in [1.165, 1.54) is 66.8 Å². The van der Waals surface area contributed by atoms with Crippen LogP contribution in [0.25, 0.3) is 123 Å². The highest BCUT2D eigenvalue weighted by molar-refractivity contribution is 5.92. The van der Waals surface area contributed by atoms with Crippen LogP contribution in [-0.2, 0) is 10.8 Å². The van der Waals surface area contributed by atoms with Gasteiger partial charge in [-0.15, -0.1) is 0 Å². The smallest absolute Gasteiger partial charge is 0.164 e. The molecule has 0 saturated heterocycles. The molecule has 0 aliphatic heterocycles. The maximum Gasteiger partial charge on any atom is 0.164 e. The fourth-order valence-electron chi connectivity index (χ4n) is 12.2.